The first-order chi connectivity index (χ1) is 28.4. The molecule has 3 aromatic heterocycles. The summed E-state index contributed by atoms with van der Waals surface area (Å²) in [5.74, 6) is 4.35. The maximum Gasteiger partial charge on any atom is 0.264 e. The third-order valence-electron chi connectivity index (χ3n) is 9.38. The Morgan fingerprint density at radius 2 is 1.88 bits per heavy atom. The number of nitrogen functional groups attached to an aromatic ring is 1. The minimum atomic E-state index is -1.23. The van der Waals surface area contributed by atoms with Crippen LogP contribution in [0.15, 0.2) is 29.0 Å². The van der Waals surface area contributed by atoms with Crippen LogP contribution in [0.3, 0.4) is 0 Å². The first-order valence-electron chi connectivity index (χ1n) is 19.4. The van der Waals surface area contributed by atoms with Gasteiger partial charge in [0, 0.05) is 38.2 Å². The predicted octanol–water partition coefficient (Wildman–Crippen LogP) is 0.991. The van der Waals surface area contributed by atoms with Crippen molar-refractivity contribution < 1.29 is 43.2 Å². The molecule has 2 aliphatic rings. The minimum Gasteiger partial charge on any atom is -0.490 e. The molecule has 4 aromatic rings. The van der Waals surface area contributed by atoms with Gasteiger partial charge in [-0.2, -0.15) is 0 Å². The van der Waals surface area contributed by atoms with E-state index in [-0.39, 0.29) is 54.6 Å². The minimum absolute atomic E-state index is 0.0451. The molecule has 5 amide bonds. The number of amides is 5. The molecule has 1 atom stereocenters. The van der Waals surface area contributed by atoms with Crippen LogP contribution in [-0.4, -0.2) is 122 Å². The Balaban J connectivity index is 0.864. The van der Waals surface area contributed by atoms with Gasteiger partial charge in [-0.3, -0.25) is 34.2 Å². The van der Waals surface area contributed by atoms with E-state index in [1.807, 2.05) is 11.5 Å². The van der Waals surface area contributed by atoms with Crippen molar-refractivity contribution in [2.45, 2.75) is 71.1 Å². The summed E-state index contributed by atoms with van der Waals surface area (Å²) in [6.45, 7) is 8.48. The van der Waals surface area contributed by atoms with Crippen molar-refractivity contribution in [3.63, 3.8) is 0 Å². The SMILES string of the molecule is CCn1c(-c2nonc2N)nc2c(C#CC(C)(C)O)ncc(OCCCNCCCC(=O)NCCOCCNc3cccc4c3C(=O)N(C3CCC(=O)NC3=O)C4=O)c21. The van der Waals surface area contributed by atoms with Crippen LogP contribution < -0.4 is 31.7 Å². The molecule has 1 fully saturated rings. The third kappa shape index (κ3) is 10.00. The second-order valence-electron chi connectivity index (χ2n) is 14.3. The van der Waals surface area contributed by atoms with Crippen molar-refractivity contribution in [3.8, 4) is 29.1 Å². The summed E-state index contributed by atoms with van der Waals surface area (Å²) in [7, 11) is 0. The van der Waals surface area contributed by atoms with Crippen LogP contribution in [0.1, 0.15) is 79.3 Å². The summed E-state index contributed by atoms with van der Waals surface area (Å²) < 4.78 is 18.5. The highest BCUT2D eigenvalue weighted by molar-refractivity contribution is 6.25. The number of nitrogens with zero attached hydrogens (tertiary/aromatic N) is 6. The Kier molecular flexibility index (Phi) is 13.5. The Hall–Kier alpha value is -6.43. The van der Waals surface area contributed by atoms with Crippen molar-refractivity contribution in [2.75, 3.05) is 57.1 Å². The van der Waals surface area contributed by atoms with E-state index in [9.17, 15) is 29.1 Å². The molecule has 5 heterocycles. The average Bonchev–Trinajstić information content (AvgIpc) is 3.88. The van der Waals surface area contributed by atoms with Crippen LogP contribution in [0.2, 0.25) is 0 Å². The number of fused-ring (bicyclic) bond motifs is 2. The van der Waals surface area contributed by atoms with Gasteiger partial charge in [-0.05, 0) is 81.5 Å². The highest BCUT2D eigenvalue weighted by Crippen LogP contribution is 2.34. The number of imidazole rings is 1. The van der Waals surface area contributed by atoms with E-state index in [0.29, 0.717) is 92.6 Å². The van der Waals surface area contributed by atoms with Crippen LogP contribution in [0, 0.1) is 11.8 Å². The molecule has 0 aliphatic carbocycles. The zero-order valence-electron chi connectivity index (χ0n) is 33.1. The van der Waals surface area contributed by atoms with Crippen LogP contribution in [0.5, 0.6) is 5.75 Å². The number of piperidine rings is 1. The van der Waals surface area contributed by atoms with Crippen molar-refractivity contribution in [1.82, 2.24) is 45.7 Å². The van der Waals surface area contributed by atoms with E-state index in [2.05, 4.69) is 48.4 Å². The van der Waals surface area contributed by atoms with Gasteiger partial charge in [0.25, 0.3) is 11.8 Å². The van der Waals surface area contributed by atoms with Crippen molar-refractivity contribution in [2.24, 2.45) is 0 Å². The summed E-state index contributed by atoms with van der Waals surface area (Å²) in [5.41, 5.74) is 7.31. The molecule has 0 radical (unpaired) electrons. The number of hydrogen-bond acceptors (Lipinski definition) is 16. The average molecular weight is 814 g/mol. The normalized spacial score (nSPS) is 15.3. The van der Waals surface area contributed by atoms with Gasteiger partial charge < -0.3 is 40.8 Å². The molecule has 2 aliphatic heterocycles. The number of hydrogen-bond donors (Lipinski definition) is 6. The maximum atomic E-state index is 13.2. The smallest absolute Gasteiger partial charge is 0.264 e. The number of rotatable bonds is 19. The first kappa shape index (κ1) is 42.2. The molecule has 59 heavy (non-hydrogen) atoms. The van der Waals surface area contributed by atoms with Gasteiger partial charge in [0.15, 0.2) is 23.1 Å². The molecule has 0 spiro atoms. The second kappa shape index (κ2) is 18.9. The standard InChI is InChI=1S/C39H47N11O9/c1-4-49-33-27(22-44-25(13-14-39(2,3)56)31(33)46-35(49)32-34(40)48-59-47-32)58-19-7-16-41-15-6-10-28(51)43-18-21-57-20-17-42-24-9-5-8-23-30(24)38(55)50(37(23)54)26-11-12-29(52)45-36(26)53/h5,8-9,22,26,41-42,56H,4,6-7,10-12,15-21H2,1-3H3,(H2,40,48)(H,43,51)(H,45,52,53). The van der Waals surface area contributed by atoms with Gasteiger partial charge >= 0.3 is 0 Å². The van der Waals surface area contributed by atoms with Crippen LogP contribution in [0.25, 0.3) is 22.6 Å². The summed E-state index contributed by atoms with van der Waals surface area (Å²) >= 11 is 0. The second-order valence-corrected chi connectivity index (χ2v) is 14.3. The van der Waals surface area contributed by atoms with Gasteiger partial charge in [0.1, 0.15) is 28.4 Å². The molecule has 1 unspecified atom stereocenters. The molecule has 6 rings (SSSR count). The number of pyridine rings is 1. The van der Waals surface area contributed by atoms with E-state index >= 15 is 0 Å². The number of ether oxygens (including phenoxy) is 2. The summed E-state index contributed by atoms with van der Waals surface area (Å²) in [6.07, 6.45) is 3.36. The first-order valence-corrected chi connectivity index (χ1v) is 19.4. The van der Waals surface area contributed by atoms with Gasteiger partial charge in [0.2, 0.25) is 17.7 Å². The summed E-state index contributed by atoms with van der Waals surface area (Å²) in [4.78, 5) is 72.6. The number of nitrogens with one attached hydrogen (secondary N) is 4. The van der Waals surface area contributed by atoms with Crippen molar-refractivity contribution in [1.29, 1.82) is 0 Å². The number of carbonyl (C=O) groups is 5. The number of nitrogens with two attached hydrogens (primary N) is 1. The Labute approximate surface area is 338 Å². The lowest BCUT2D eigenvalue weighted by Gasteiger charge is -2.27. The molecule has 20 nitrogen and oxygen atoms in total. The third-order valence-corrected chi connectivity index (χ3v) is 9.38. The van der Waals surface area contributed by atoms with Gasteiger partial charge in [-0.1, -0.05) is 12.0 Å². The summed E-state index contributed by atoms with van der Waals surface area (Å²) in [5, 5.41) is 29.2. The molecule has 1 aromatic carbocycles. The Morgan fingerprint density at radius 1 is 1.08 bits per heavy atom. The molecule has 20 heteroatoms. The van der Waals surface area contributed by atoms with E-state index in [4.69, 9.17) is 24.8 Å². The highest BCUT2D eigenvalue weighted by atomic mass is 16.6. The van der Waals surface area contributed by atoms with E-state index in [0.717, 1.165) is 4.90 Å². The molecular formula is C39H47N11O9. The zero-order chi connectivity index (χ0) is 42.1. The molecule has 7 N–H and O–H groups in total. The van der Waals surface area contributed by atoms with E-state index < -0.39 is 35.3 Å². The van der Waals surface area contributed by atoms with E-state index in [1.165, 1.54) is 6.07 Å². The monoisotopic (exact) mass is 813 g/mol. The lowest BCUT2D eigenvalue weighted by Crippen LogP contribution is -2.54. The quantitative estimate of drug-likeness (QED) is 0.0438. The number of aryl methyl sites for hydroxylation is 1. The molecular weight excluding hydrogens is 766 g/mol. The van der Waals surface area contributed by atoms with Gasteiger partial charge in [0.05, 0.1) is 37.1 Å². The lowest BCUT2D eigenvalue weighted by atomic mass is 10.0. The molecule has 1 saturated heterocycles. The lowest BCUT2D eigenvalue weighted by molar-refractivity contribution is -0.136. The van der Waals surface area contributed by atoms with Gasteiger partial charge in [-0.25, -0.2) is 14.6 Å². The number of anilines is 2. The van der Waals surface area contributed by atoms with Crippen LogP contribution >= 0.6 is 0 Å². The number of aromatic nitrogens is 5. The number of benzene rings is 1. The topological polar surface area (TPSA) is 271 Å². The largest absolute Gasteiger partial charge is 0.490 e. The van der Waals surface area contributed by atoms with Crippen LogP contribution in [0.4, 0.5) is 11.5 Å². The van der Waals surface area contributed by atoms with E-state index in [1.54, 1.807) is 32.2 Å². The fourth-order valence-corrected chi connectivity index (χ4v) is 6.61. The van der Waals surface area contributed by atoms with Crippen molar-refractivity contribution in [3.05, 3.63) is 41.2 Å². The predicted molar refractivity (Wildman–Crippen MR) is 212 cm³/mol. The number of carbonyl (C=O) groups excluding carboxylic acids is 5. The van der Waals surface area contributed by atoms with Crippen LogP contribution in [-0.2, 0) is 25.7 Å². The number of aliphatic hydroxyl groups is 1. The fourth-order valence-electron chi connectivity index (χ4n) is 6.61. The van der Waals surface area contributed by atoms with Crippen molar-refractivity contribution >= 4 is 52.1 Å². The highest BCUT2D eigenvalue weighted by Gasteiger charge is 2.45. The number of imide groups is 2. The molecule has 0 bridgehead atoms. The van der Waals surface area contributed by atoms with Gasteiger partial charge in [-0.15, -0.1) is 0 Å². The zero-order valence-corrected chi connectivity index (χ0v) is 33.1. The summed E-state index contributed by atoms with van der Waals surface area (Å²) in [6, 6.07) is 3.81. The maximum absolute atomic E-state index is 13.2. The fraction of sp³-hybridized carbons (Fsp3) is 0.462. The molecule has 0 saturated carbocycles. The Bertz CT molecular complexity index is 2290. The molecule has 312 valence electrons. The Morgan fingerprint density at radius 3 is 2.63 bits per heavy atom.